The third-order valence-electron chi connectivity index (χ3n) is 8.72. The van der Waals surface area contributed by atoms with Gasteiger partial charge in [0, 0.05) is 11.7 Å². The number of nitrogens with zero attached hydrogens (tertiary/aromatic N) is 1. The molecule has 4 nitrogen and oxygen atoms in total. The molecule has 29 heavy (non-hydrogen) atoms. The van der Waals surface area contributed by atoms with Gasteiger partial charge in [-0.25, -0.2) is 0 Å². The van der Waals surface area contributed by atoms with Crippen LogP contribution in [0.4, 0.5) is 5.69 Å². The molecule has 1 heterocycles. The Kier molecular flexibility index (Phi) is 5.09. The molecule has 0 aromatic heterocycles. The molecule has 4 heteroatoms. The van der Waals surface area contributed by atoms with Crippen molar-refractivity contribution < 1.29 is 9.69 Å². The number of piperazine rings is 1. The van der Waals surface area contributed by atoms with E-state index in [0.717, 1.165) is 43.9 Å². The Morgan fingerprint density at radius 1 is 1.10 bits per heavy atom. The molecule has 1 aromatic carbocycles. The molecule has 2 N–H and O–H groups in total. The minimum atomic E-state index is 0.271. The second-order valence-electron chi connectivity index (χ2n) is 10.8. The van der Waals surface area contributed by atoms with E-state index < -0.39 is 0 Å². The van der Waals surface area contributed by atoms with E-state index in [1.807, 2.05) is 0 Å². The Hall–Kier alpha value is -1.55. The molecular weight excluding hydrogens is 358 g/mol. The molecule has 6 rings (SSSR count). The van der Waals surface area contributed by atoms with Crippen molar-refractivity contribution in [2.75, 3.05) is 37.6 Å². The van der Waals surface area contributed by atoms with Gasteiger partial charge in [0.15, 0.2) is 6.54 Å². The fraction of sp³-hybridized carbons (Fsp3) is 0.720. The molecule has 158 valence electrons. The molecule has 0 radical (unpaired) electrons. The Morgan fingerprint density at radius 2 is 1.69 bits per heavy atom. The quantitative estimate of drug-likeness (QED) is 0.802. The Balaban J connectivity index is 1.13. The molecule has 4 bridgehead atoms. The van der Waals surface area contributed by atoms with Crippen molar-refractivity contribution in [3.05, 3.63) is 29.8 Å². The van der Waals surface area contributed by atoms with Crippen molar-refractivity contribution >= 4 is 11.6 Å². The predicted molar refractivity (Wildman–Crippen MR) is 117 cm³/mol. The zero-order chi connectivity index (χ0) is 20.0. The fourth-order valence-corrected chi connectivity index (χ4v) is 7.54. The molecule has 5 fully saturated rings. The highest BCUT2D eigenvalue weighted by atomic mass is 16.2. The Morgan fingerprint density at radius 3 is 2.28 bits per heavy atom. The van der Waals surface area contributed by atoms with Crippen molar-refractivity contribution in [3.8, 4) is 0 Å². The largest absolute Gasteiger partial charge is 0.360 e. The number of quaternary nitrogens is 1. The summed E-state index contributed by atoms with van der Waals surface area (Å²) in [5.41, 5.74) is 3.10. The molecule has 1 saturated heterocycles. The summed E-state index contributed by atoms with van der Waals surface area (Å²) in [5.74, 6) is 3.11. The van der Waals surface area contributed by atoms with E-state index in [4.69, 9.17) is 0 Å². The lowest BCUT2D eigenvalue weighted by Crippen LogP contribution is -3.16. The smallest absolute Gasteiger partial charge is 0.275 e. The number of benzene rings is 1. The van der Waals surface area contributed by atoms with Crippen LogP contribution in [-0.2, 0) is 4.79 Å². The lowest BCUT2D eigenvalue weighted by Gasteiger charge is -2.59. The van der Waals surface area contributed by atoms with E-state index >= 15 is 0 Å². The summed E-state index contributed by atoms with van der Waals surface area (Å²) in [4.78, 5) is 16.8. The highest BCUT2D eigenvalue weighted by Gasteiger charge is 2.53. The van der Waals surface area contributed by atoms with Gasteiger partial charge in [0.2, 0.25) is 0 Å². The average Bonchev–Trinajstić information content (AvgIpc) is 2.68. The van der Waals surface area contributed by atoms with Gasteiger partial charge in [-0.3, -0.25) is 4.79 Å². The third kappa shape index (κ3) is 3.81. The van der Waals surface area contributed by atoms with Gasteiger partial charge in [-0.15, -0.1) is 0 Å². The van der Waals surface area contributed by atoms with Crippen molar-refractivity contribution in [2.45, 2.75) is 58.4 Å². The van der Waals surface area contributed by atoms with E-state index in [2.05, 4.69) is 48.3 Å². The molecule has 0 spiro atoms. The lowest BCUT2D eigenvalue weighted by molar-refractivity contribution is -0.892. The second kappa shape index (κ2) is 7.61. The van der Waals surface area contributed by atoms with Crippen LogP contribution >= 0.6 is 0 Å². The van der Waals surface area contributed by atoms with Crippen LogP contribution in [0.15, 0.2) is 24.3 Å². The van der Waals surface area contributed by atoms with E-state index in [-0.39, 0.29) is 5.91 Å². The van der Waals surface area contributed by atoms with Crippen molar-refractivity contribution in [1.29, 1.82) is 0 Å². The number of anilines is 1. The number of carbonyl (C=O) groups excluding carboxylic acids is 1. The van der Waals surface area contributed by atoms with Gasteiger partial charge >= 0.3 is 0 Å². The number of amides is 1. The van der Waals surface area contributed by atoms with Crippen LogP contribution in [0.5, 0.6) is 0 Å². The van der Waals surface area contributed by atoms with E-state index in [9.17, 15) is 4.79 Å². The number of nitrogens with one attached hydrogen (secondary N) is 2. The first-order chi connectivity index (χ1) is 14.0. The molecule has 1 aliphatic heterocycles. The maximum Gasteiger partial charge on any atom is 0.275 e. The highest BCUT2D eigenvalue weighted by Crippen LogP contribution is 2.61. The molecular formula is C25H38N3O+. The number of para-hydroxylation sites is 1. The normalized spacial score (nSPS) is 35.0. The summed E-state index contributed by atoms with van der Waals surface area (Å²) in [6.45, 7) is 9.31. The maximum atomic E-state index is 12.9. The molecule has 1 amide bonds. The van der Waals surface area contributed by atoms with Gasteiger partial charge in [0.05, 0.1) is 26.2 Å². The summed E-state index contributed by atoms with van der Waals surface area (Å²) in [7, 11) is 0. The van der Waals surface area contributed by atoms with E-state index in [1.54, 1.807) is 0 Å². The monoisotopic (exact) mass is 396 g/mol. The first-order valence-corrected chi connectivity index (χ1v) is 11.9. The van der Waals surface area contributed by atoms with Gasteiger partial charge in [0.1, 0.15) is 0 Å². The predicted octanol–water partition coefficient (Wildman–Crippen LogP) is 2.42. The lowest BCUT2D eigenvalue weighted by atomic mass is 9.48. The second-order valence-corrected chi connectivity index (χ2v) is 10.8. The summed E-state index contributed by atoms with van der Waals surface area (Å²) in [5, 5.41) is 3.46. The van der Waals surface area contributed by atoms with Gasteiger partial charge < -0.3 is 15.1 Å². The van der Waals surface area contributed by atoms with Crippen LogP contribution in [0.3, 0.4) is 0 Å². The van der Waals surface area contributed by atoms with Crippen molar-refractivity contribution in [2.24, 2.45) is 23.2 Å². The topological polar surface area (TPSA) is 36.8 Å². The first kappa shape index (κ1) is 19.4. The number of rotatable bonds is 5. The van der Waals surface area contributed by atoms with Gasteiger partial charge in [-0.1, -0.05) is 18.2 Å². The molecule has 4 aliphatic carbocycles. The molecule has 0 unspecified atom stereocenters. The number of aryl methyl sites for hydroxylation is 1. The average molecular weight is 397 g/mol. The number of hydrogen-bond donors (Lipinski definition) is 2. The summed E-state index contributed by atoms with van der Waals surface area (Å²) >= 11 is 0. The van der Waals surface area contributed by atoms with E-state index in [1.165, 1.54) is 54.7 Å². The standard InChI is InChI=1S/C25H37N3O/c1-18-5-3-4-6-23(18)28-9-7-27(8-10-28)17-24(29)26-19(2)25-14-20-11-21(15-25)13-22(12-20)16-25/h3-6,19-22H,7-17H2,1-2H3,(H,26,29)/p+1/t19-,20?,21?,22?,25?/m1/s1. The minimum absolute atomic E-state index is 0.271. The summed E-state index contributed by atoms with van der Waals surface area (Å²) < 4.78 is 0. The van der Waals surface area contributed by atoms with Gasteiger partial charge in [-0.05, 0) is 87.2 Å². The summed E-state index contributed by atoms with van der Waals surface area (Å²) in [6.07, 6.45) is 8.49. The Labute approximate surface area is 176 Å². The van der Waals surface area contributed by atoms with Crippen molar-refractivity contribution in [1.82, 2.24) is 5.32 Å². The molecule has 4 saturated carbocycles. The summed E-state index contributed by atoms with van der Waals surface area (Å²) in [6, 6.07) is 8.99. The molecule has 1 aromatic rings. The molecule has 1 atom stereocenters. The fourth-order valence-electron chi connectivity index (χ4n) is 7.54. The zero-order valence-electron chi connectivity index (χ0n) is 18.3. The van der Waals surface area contributed by atoms with Crippen LogP contribution in [0.25, 0.3) is 0 Å². The van der Waals surface area contributed by atoms with Crippen molar-refractivity contribution in [3.63, 3.8) is 0 Å². The van der Waals surface area contributed by atoms with Crippen LogP contribution in [-0.4, -0.2) is 44.7 Å². The van der Waals surface area contributed by atoms with E-state index in [0.29, 0.717) is 18.0 Å². The minimum Gasteiger partial charge on any atom is -0.360 e. The van der Waals surface area contributed by atoms with Gasteiger partial charge in [0.25, 0.3) is 5.91 Å². The number of hydrogen-bond acceptors (Lipinski definition) is 2. The van der Waals surface area contributed by atoms with Crippen LogP contribution in [0.2, 0.25) is 0 Å². The number of carbonyl (C=O) groups is 1. The van der Waals surface area contributed by atoms with Crippen LogP contribution < -0.4 is 15.1 Å². The molecule has 5 aliphatic rings. The third-order valence-corrected chi connectivity index (χ3v) is 8.72. The highest BCUT2D eigenvalue weighted by molar-refractivity contribution is 5.77. The first-order valence-electron chi connectivity index (χ1n) is 11.9. The maximum absolute atomic E-state index is 12.9. The van der Waals surface area contributed by atoms with Gasteiger partial charge in [-0.2, -0.15) is 0 Å². The Bertz CT molecular complexity index is 717. The van der Waals surface area contributed by atoms with Crippen LogP contribution in [0, 0.1) is 30.1 Å². The SMILES string of the molecule is Cc1ccccc1N1CC[NH+](CC(=O)N[C@H](C)C23CC4CC(CC(C4)C2)C3)CC1. The van der Waals surface area contributed by atoms with Crippen LogP contribution in [0.1, 0.15) is 51.0 Å². The zero-order valence-corrected chi connectivity index (χ0v) is 18.3.